The van der Waals surface area contributed by atoms with E-state index in [2.05, 4.69) is 10.3 Å². The number of carbonyl (C=O) groups excluding carboxylic acids is 2. The largest absolute Gasteiger partial charge is 0.381 e. The molecule has 3 aromatic heterocycles. The maximum Gasteiger partial charge on any atom is 0.290 e. The molecule has 0 saturated carbocycles. The van der Waals surface area contributed by atoms with E-state index in [1.807, 2.05) is 42.7 Å². The number of aromatic nitrogens is 3. The van der Waals surface area contributed by atoms with Gasteiger partial charge in [-0.05, 0) is 62.7 Å². The predicted octanol–water partition coefficient (Wildman–Crippen LogP) is 5.30. The van der Waals surface area contributed by atoms with Gasteiger partial charge in [-0.15, -0.1) is 0 Å². The van der Waals surface area contributed by atoms with Gasteiger partial charge < -0.3 is 20.1 Å². The van der Waals surface area contributed by atoms with Crippen LogP contribution in [0.4, 0.5) is 5.69 Å². The van der Waals surface area contributed by atoms with Gasteiger partial charge in [0.05, 0.1) is 21.8 Å². The number of nitrogens with one attached hydrogen (secondary N) is 1. The third-order valence-electron chi connectivity index (χ3n) is 6.60. The highest BCUT2D eigenvalue weighted by molar-refractivity contribution is 6.33. The van der Waals surface area contributed by atoms with Crippen LogP contribution in [0.15, 0.2) is 63.9 Å². The zero-order chi connectivity index (χ0) is 28.0. The zero-order valence-corrected chi connectivity index (χ0v) is 22.6. The molecule has 39 heavy (non-hydrogen) atoms. The minimum absolute atomic E-state index is 0.238. The first kappa shape index (κ1) is 26.0. The first-order valence-electron chi connectivity index (χ1n) is 12.3. The van der Waals surface area contributed by atoms with Gasteiger partial charge in [0.1, 0.15) is 5.76 Å². The first-order chi connectivity index (χ1) is 18.6. The molecule has 198 valence electrons. The van der Waals surface area contributed by atoms with Crippen LogP contribution in [0, 0.1) is 13.8 Å². The van der Waals surface area contributed by atoms with Crippen LogP contribution in [0.5, 0.6) is 0 Å². The summed E-state index contributed by atoms with van der Waals surface area (Å²) in [6.45, 7) is 6.07. The lowest BCUT2D eigenvalue weighted by molar-refractivity contribution is 0.0995. The molecule has 9 nitrogen and oxygen atoms in total. The second-order valence-corrected chi connectivity index (χ2v) is 9.65. The molecular formula is C29H26ClN5O4. The van der Waals surface area contributed by atoms with Crippen LogP contribution in [0.1, 0.15) is 39.2 Å². The molecule has 0 saturated heterocycles. The van der Waals surface area contributed by atoms with Crippen molar-refractivity contribution in [2.24, 2.45) is 12.8 Å². The third kappa shape index (κ3) is 4.61. The van der Waals surface area contributed by atoms with Gasteiger partial charge in [-0.1, -0.05) is 29.8 Å². The molecule has 0 fully saturated rings. The maximum absolute atomic E-state index is 13.4. The lowest BCUT2D eigenvalue weighted by atomic mass is 10.0. The van der Waals surface area contributed by atoms with Crippen molar-refractivity contribution in [2.75, 3.05) is 5.32 Å². The molecule has 0 unspecified atom stereocenters. The van der Waals surface area contributed by atoms with E-state index in [1.54, 1.807) is 38.2 Å². The Morgan fingerprint density at radius 1 is 1.10 bits per heavy atom. The number of aryl methyl sites for hydroxylation is 4. The second-order valence-electron chi connectivity index (χ2n) is 9.24. The number of pyridine rings is 1. The Morgan fingerprint density at radius 3 is 2.51 bits per heavy atom. The Hall–Kier alpha value is -4.63. The standard InChI is InChI=1S/C29H26ClN5O4/c1-5-35-23(21-10-9-17(13-22(21)30)24-16(3)39-34(4)29(24)38)14-19-11-15(2)32-25(26(19)35)28(37)33-20-8-6-7-18(12-20)27(31)36/h6-14H,5H2,1-4H3,(H2,31,36)(H,33,37). The monoisotopic (exact) mass is 543 g/mol. The highest BCUT2D eigenvalue weighted by Gasteiger charge is 2.22. The van der Waals surface area contributed by atoms with Gasteiger partial charge in [0.15, 0.2) is 5.69 Å². The van der Waals surface area contributed by atoms with Gasteiger partial charge in [0, 0.05) is 41.5 Å². The van der Waals surface area contributed by atoms with Crippen LogP contribution in [-0.2, 0) is 13.6 Å². The summed E-state index contributed by atoms with van der Waals surface area (Å²) >= 11 is 6.78. The number of primary amides is 1. The molecule has 3 N–H and O–H groups in total. The molecule has 0 atom stereocenters. The molecule has 5 rings (SSSR count). The first-order valence-corrected chi connectivity index (χ1v) is 12.7. The highest BCUT2D eigenvalue weighted by Crippen LogP contribution is 2.36. The number of fused-ring (bicyclic) bond motifs is 1. The average Bonchev–Trinajstić information content (AvgIpc) is 3.38. The predicted molar refractivity (Wildman–Crippen MR) is 151 cm³/mol. The summed E-state index contributed by atoms with van der Waals surface area (Å²) in [4.78, 5) is 42.1. The van der Waals surface area contributed by atoms with E-state index in [0.29, 0.717) is 45.4 Å². The van der Waals surface area contributed by atoms with Gasteiger partial charge in [-0.3, -0.25) is 14.4 Å². The number of carbonyl (C=O) groups is 2. The Morgan fingerprint density at radius 2 is 1.87 bits per heavy atom. The summed E-state index contributed by atoms with van der Waals surface area (Å²) < 4.78 is 8.60. The fourth-order valence-corrected chi connectivity index (χ4v) is 5.16. The average molecular weight is 544 g/mol. The van der Waals surface area contributed by atoms with Crippen molar-refractivity contribution in [1.82, 2.24) is 14.3 Å². The molecule has 0 aliphatic heterocycles. The number of nitrogens with zero attached hydrogens (tertiary/aromatic N) is 3. The molecule has 2 amide bonds. The summed E-state index contributed by atoms with van der Waals surface area (Å²) in [5.41, 5.74) is 10.1. The molecular weight excluding hydrogens is 518 g/mol. The second kappa shape index (κ2) is 9.92. The lowest BCUT2D eigenvalue weighted by Crippen LogP contribution is -2.17. The number of hydrogen-bond donors (Lipinski definition) is 2. The van der Waals surface area contributed by atoms with E-state index in [1.165, 1.54) is 10.8 Å². The number of amides is 2. The van der Waals surface area contributed by atoms with Gasteiger partial charge in [-0.25, -0.2) is 4.98 Å². The van der Waals surface area contributed by atoms with Crippen molar-refractivity contribution < 1.29 is 14.1 Å². The molecule has 0 aliphatic carbocycles. The van der Waals surface area contributed by atoms with Gasteiger partial charge in [0.25, 0.3) is 11.5 Å². The molecule has 2 aromatic carbocycles. The molecule has 5 aromatic rings. The number of halogens is 1. The lowest BCUT2D eigenvalue weighted by Gasteiger charge is -2.13. The Labute approximate surface area is 228 Å². The number of anilines is 1. The summed E-state index contributed by atoms with van der Waals surface area (Å²) in [5.74, 6) is -0.497. The summed E-state index contributed by atoms with van der Waals surface area (Å²) in [5, 5.41) is 4.11. The number of benzene rings is 2. The van der Waals surface area contributed by atoms with E-state index < -0.39 is 11.8 Å². The molecule has 0 spiro atoms. The minimum Gasteiger partial charge on any atom is -0.381 e. The number of hydrogen-bond acceptors (Lipinski definition) is 5. The van der Waals surface area contributed by atoms with E-state index >= 15 is 0 Å². The van der Waals surface area contributed by atoms with E-state index in [0.717, 1.165) is 16.6 Å². The number of rotatable bonds is 6. The van der Waals surface area contributed by atoms with Crippen LogP contribution in [-0.4, -0.2) is 26.1 Å². The smallest absolute Gasteiger partial charge is 0.290 e. The zero-order valence-electron chi connectivity index (χ0n) is 21.8. The van der Waals surface area contributed by atoms with E-state index in [9.17, 15) is 14.4 Å². The van der Waals surface area contributed by atoms with Crippen molar-refractivity contribution in [1.29, 1.82) is 0 Å². The topological polar surface area (TPSA) is 125 Å². The molecule has 0 bridgehead atoms. The Bertz CT molecular complexity index is 1850. The third-order valence-corrected chi connectivity index (χ3v) is 6.91. The molecule has 3 heterocycles. The Balaban J connectivity index is 1.61. The van der Waals surface area contributed by atoms with Gasteiger partial charge in [0.2, 0.25) is 5.91 Å². The molecule has 10 heteroatoms. The van der Waals surface area contributed by atoms with Crippen molar-refractivity contribution in [3.05, 3.63) is 92.7 Å². The van der Waals surface area contributed by atoms with Crippen molar-refractivity contribution in [2.45, 2.75) is 27.3 Å². The van der Waals surface area contributed by atoms with Gasteiger partial charge in [-0.2, -0.15) is 4.74 Å². The van der Waals surface area contributed by atoms with Crippen molar-refractivity contribution >= 4 is 40.0 Å². The quantitative estimate of drug-likeness (QED) is 0.300. The fraction of sp³-hybridized carbons (Fsp3) is 0.172. The normalized spacial score (nSPS) is 11.2. The number of nitrogens with two attached hydrogens (primary N) is 1. The highest BCUT2D eigenvalue weighted by atomic mass is 35.5. The van der Waals surface area contributed by atoms with Crippen LogP contribution in [0.25, 0.3) is 33.3 Å². The van der Waals surface area contributed by atoms with E-state index in [4.69, 9.17) is 21.9 Å². The summed E-state index contributed by atoms with van der Waals surface area (Å²) in [7, 11) is 1.56. The minimum atomic E-state index is -0.585. The Kier molecular flexibility index (Phi) is 6.61. The SMILES string of the molecule is CCn1c(-c2ccc(-c3c(C)on(C)c3=O)cc2Cl)cc2cc(C)nc(C(=O)Nc3cccc(C(N)=O)c3)c21. The van der Waals surface area contributed by atoms with Crippen molar-refractivity contribution in [3.63, 3.8) is 0 Å². The maximum atomic E-state index is 13.4. The van der Waals surface area contributed by atoms with Crippen LogP contribution >= 0.6 is 11.6 Å². The van der Waals surface area contributed by atoms with Gasteiger partial charge >= 0.3 is 0 Å². The fourth-order valence-electron chi connectivity index (χ4n) is 4.89. The molecule has 0 aliphatic rings. The molecule has 0 radical (unpaired) electrons. The summed E-state index contributed by atoms with van der Waals surface area (Å²) in [6, 6.07) is 15.8. The van der Waals surface area contributed by atoms with Crippen LogP contribution in [0.3, 0.4) is 0 Å². The van der Waals surface area contributed by atoms with Crippen LogP contribution in [0.2, 0.25) is 5.02 Å². The van der Waals surface area contributed by atoms with E-state index in [-0.39, 0.29) is 16.8 Å². The van der Waals surface area contributed by atoms with Crippen molar-refractivity contribution in [3.8, 4) is 22.4 Å². The van der Waals surface area contributed by atoms with Crippen LogP contribution < -0.4 is 16.6 Å². The summed E-state index contributed by atoms with van der Waals surface area (Å²) in [6.07, 6.45) is 0.